The normalized spacial score (nSPS) is 11.1. The molecule has 7 nitrogen and oxygen atoms in total. The van der Waals surface area contributed by atoms with E-state index in [-0.39, 0.29) is 11.3 Å². The van der Waals surface area contributed by atoms with Crippen molar-refractivity contribution in [3.8, 4) is 23.3 Å². The van der Waals surface area contributed by atoms with Crippen molar-refractivity contribution in [1.29, 1.82) is 5.26 Å². The fourth-order valence-corrected chi connectivity index (χ4v) is 3.30. The van der Waals surface area contributed by atoms with Gasteiger partial charge in [-0.1, -0.05) is 25.5 Å². The van der Waals surface area contributed by atoms with E-state index in [4.69, 9.17) is 14.2 Å². The van der Waals surface area contributed by atoms with Crippen LogP contribution < -0.4 is 19.5 Å². The van der Waals surface area contributed by atoms with Crippen molar-refractivity contribution in [3.05, 3.63) is 63.6 Å². The largest absolute Gasteiger partial charge is 0.496 e. The van der Waals surface area contributed by atoms with Gasteiger partial charge in [0.15, 0.2) is 11.5 Å². The molecule has 2 aromatic rings. The van der Waals surface area contributed by atoms with Gasteiger partial charge in [-0.15, -0.1) is 0 Å². The highest BCUT2D eigenvalue weighted by atomic mass is 79.9. The molecule has 2 aromatic carbocycles. The van der Waals surface area contributed by atoms with Crippen LogP contribution in [0.2, 0.25) is 0 Å². The van der Waals surface area contributed by atoms with Crippen LogP contribution in [0.4, 0.5) is 0 Å². The molecule has 0 radical (unpaired) electrons. The molecule has 33 heavy (non-hydrogen) atoms. The molecule has 0 saturated carbocycles. The highest BCUT2D eigenvalue weighted by molar-refractivity contribution is 9.10. The molecule has 0 heterocycles. The van der Waals surface area contributed by atoms with Crippen molar-refractivity contribution >= 4 is 40.0 Å². The van der Waals surface area contributed by atoms with Crippen LogP contribution in [0, 0.1) is 11.3 Å². The van der Waals surface area contributed by atoms with E-state index in [1.807, 2.05) is 19.1 Å². The lowest BCUT2D eigenvalue weighted by Gasteiger charge is -2.09. The van der Waals surface area contributed by atoms with Crippen molar-refractivity contribution in [1.82, 2.24) is 5.32 Å². The average Bonchev–Trinajstić information content (AvgIpc) is 2.82. The van der Waals surface area contributed by atoms with Gasteiger partial charge < -0.3 is 19.5 Å². The molecular weight excluding hydrogens is 488 g/mol. The van der Waals surface area contributed by atoms with Gasteiger partial charge >= 0.3 is 5.97 Å². The number of unbranched alkanes of at least 4 members (excludes halogenated alkanes) is 1. The number of nitrogens with zero attached hydrogens (tertiary/aromatic N) is 1. The molecule has 0 aliphatic carbocycles. The first-order chi connectivity index (χ1) is 15.9. The number of hydrogen-bond donors (Lipinski definition) is 1. The number of nitriles is 1. The molecule has 0 spiro atoms. The van der Waals surface area contributed by atoms with Gasteiger partial charge in [0, 0.05) is 12.6 Å². The van der Waals surface area contributed by atoms with E-state index in [1.54, 1.807) is 43.5 Å². The summed E-state index contributed by atoms with van der Waals surface area (Å²) in [5.41, 5.74) is 1.33. The first kappa shape index (κ1) is 25.7. The number of rotatable bonds is 10. The predicted molar refractivity (Wildman–Crippen MR) is 130 cm³/mol. The van der Waals surface area contributed by atoms with Crippen LogP contribution in [0.3, 0.4) is 0 Å². The lowest BCUT2D eigenvalue weighted by Crippen LogP contribution is -2.25. The Morgan fingerprint density at radius 2 is 1.76 bits per heavy atom. The number of carbonyl (C=O) groups is 2. The molecule has 8 heteroatoms. The number of halogens is 1. The second kappa shape index (κ2) is 13.1. The molecule has 0 saturated heterocycles. The van der Waals surface area contributed by atoms with Crippen molar-refractivity contribution in [2.75, 3.05) is 20.8 Å². The van der Waals surface area contributed by atoms with Crippen molar-refractivity contribution < 1.29 is 23.8 Å². The smallest absolute Gasteiger partial charge is 0.336 e. The quantitative estimate of drug-likeness (QED) is 0.160. The van der Waals surface area contributed by atoms with Crippen molar-refractivity contribution in [2.45, 2.75) is 19.8 Å². The van der Waals surface area contributed by atoms with E-state index in [0.29, 0.717) is 23.6 Å². The summed E-state index contributed by atoms with van der Waals surface area (Å²) in [5.74, 6) is 0.173. The number of benzene rings is 2. The minimum Gasteiger partial charge on any atom is -0.496 e. The Labute approximate surface area is 201 Å². The van der Waals surface area contributed by atoms with Gasteiger partial charge in [0.25, 0.3) is 5.91 Å². The van der Waals surface area contributed by atoms with Gasteiger partial charge in [-0.2, -0.15) is 5.26 Å². The first-order valence-corrected chi connectivity index (χ1v) is 11.0. The Hall–Kier alpha value is -3.57. The molecule has 0 aliphatic rings. The Bertz CT molecular complexity index is 1100. The number of nitrogens with one attached hydrogen (secondary N) is 1. The Morgan fingerprint density at radius 3 is 2.39 bits per heavy atom. The average molecular weight is 513 g/mol. The molecule has 0 unspecified atom stereocenters. The third kappa shape index (κ3) is 7.81. The minimum absolute atomic E-state index is 0.0218. The lowest BCUT2D eigenvalue weighted by molar-refractivity contribution is -0.129. The molecule has 1 amide bonds. The fourth-order valence-electron chi connectivity index (χ4n) is 2.74. The first-order valence-electron chi connectivity index (χ1n) is 10.2. The van der Waals surface area contributed by atoms with Gasteiger partial charge in [0.05, 0.1) is 18.7 Å². The Morgan fingerprint density at radius 1 is 1.06 bits per heavy atom. The van der Waals surface area contributed by atoms with Crippen LogP contribution >= 0.6 is 15.9 Å². The number of hydrogen-bond acceptors (Lipinski definition) is 6. The number of amides is 1. The molecule has 0 aliphatic heterocycles. The van der Waals surface area contributed by atoms with E-state index in [1.165, 1.54) is 19.3 Å². The molecule has 0 aromatic heterocycles. The van der Waals surface area contributed by atoms with Crippen LogP contribution in [0.15, 0.2) is 52.5 Å². The molecule has 0 fully saturated rings. The van der Waals surface area contributed by atoms with Gasteiger partial charge in [-0.25, -0.2) is 4.79 Å². The van der Waals surface area contributed by atoms with Crippen LogP contribution in [0.25, 0.3) is 12.2 Å². The Kier molecular flexibility index (Phi) is 10.2. The molecular formula is C25H25BrN2O5. The van der Waals surface area contributed by atoms with E-state index >= 15 is 0 Å². The monoisotopic (exact) mass is 512 g/mol. The highest BCUT2D eigenvalue weighted by Gasteiger charge is 2.12. The maximum absolute atomic E-state index is 12.3. The van der Waals surface area contributed by atoms with E-state index in [0.717, 1.165) is 22.9 Å². The zero-order valence-corrected chi connectivity index (χ0v) is 20.3. The van der Waals surface area contributed by atoms with Gasteiger partial charge in [0.1, 0.15) is 17.4 Å². The van der Waals surface area contributed by atoms with E-state index in [9.17, 15) is 14.9 Å². The molecule has 2 rings (SSSR count). The molecule has 0 bridgehead atoms. The van der Waals surface area contributed by atoms with Gasteiger partial charge in [-0.05, 0) is 69.9 Å². The predicted octanol–water partition coefficient (Wildman–Crippen LogP) is 4.91. The second-order valence-electron chi connectivity index (χ2n) is 6.84. The van der Waals surface area contributed by atoms with Gasteiger partial charge in [-0.3, -0.25) is 4.79 Å². The maximum atomic E-state index is 12.3. The summed E-state index contributed by atoms with van der Waals surface area (Å²) in [7, 11) is 3.01. The fraction of sp³-hybridized carbons (Fsp3) is 0.240. The van der Waals surface area contributed by atoms with Gasteiger partial charge in [0.2, 0.25) is 0 Å². The number of ether oxygens (including phenoxy) is 3. The summed E-state index contributed by atoms with van der Waals surface area (Å²) >= 11 is 3.40. The van der Waals surface area contributed by atoms with Crippen molar-refractivity contribution in [2.24, 2.45) is 0 Å². The maximum Gasteiger partial charge on any atom is 0.336 e. The Balaban J connectivity index is 2.12. The zero-order chi connectivity index (χ0) is 24.2. The summed E-state index contributed by atoms with van der Waals surface area (Å²) in [6.45, 7) is 2.52. The summed E-state index contributed by atoms with van der Waals surface area (Å²) in [6.07, 6.45) is 6.15. The molecule has 1 N–H and O–H groups in total. The number of esters is 1. The minimum atomic E-state index is -0.587. The van der Waals surface area contributed by atoms with E-state index < -0.39 is 11.9 Å². The summed E-state index contributed by atoms with van der Waals surface area (Å²) in [5, 5.41) is 12.0. The highest BCUT2D eigenvalue weighted by Crippen LogP contribution is 2.29. The SMILES string of the molecule is CCCCNC(=O)/C(C#N)=C/c1ccc(OC(=O)/C=C/c2ccc(OC)c(Br)c2)c(OC)c1. The number of methoxy groups -OCH3 is 2. The van der Waals surface area contributed by atoms with Crippen LogP contribution in [-0.2, 0) is 9.59 Å². The molecule has 172 valence electrons. The third-order valence-electron chi connectivity index (χ3n) is 4.48. The summed E-state index contributed by atoms with van der Waals surface area (Å²) < 4.78 is 16.6. The lowest BCUT2D eigenvalue weighted by atomic mass is 10.1. The molecule has 0 atom stereocenters. The van der Waals surface area contributed by atoms with Crippen LogP contribution in [-0.4, -0.2) is 32.6 Å². The van der Waals surface area contributed by atoms with E-state index in [2.05, 4.69) is 21.2 Å². The summed E-state index contributed by atoms with van der Waals surface area (Å²) in [6, 6.07) is 12.1. The van der Waals surface area contributed by atoms with Crippen LogP contribution in [0.1, 0.15) is 30.9 Å². The topological polar surface area (TPSA) is 97.7 Å². The third-order valence-corrected chi connectivity index (χ3v) is 5.10. The van der Waals surface area contributed by atoms with Crippen LogP contribution in [0.5, 0.6) is 17.2 Å². The standard InChI is InChI=1S/C25H25BrN2O5/c1-4-5-12-28-25(30)19(16-27)13-18-7-10-22(23(15-18)32-3)33-24(29)11-8-17-6-9-21(31-2)20(26)14-17/h6-11,13-15H,4-5,12H2,1-3H3,(H,28,30)/b11-8+,19-13+. The number of carbonyl (C=O) groups excluding carboxylic acids is 2. The summed E-state index contributed by atoms with van der Waals surface area (Å²) in [4.78, 5) is 24.4. The van der Waals surface area contributed by atoms with Crippen molar-refractivity contribution in [3.63, 3.8) is 0 Å². The zero-order valence-electron chi connectivity index (χ0n) is 18.7. The second-order valence-corrected chi connectivity index (χ2v) is 7.69.